The van der Waals surface area contributed by atoms with Crippen molar-refractivity contribution in [2.75, 3.05) is 20.1 Å². The summed E-state index contributed by atoms with van der Waals surface area (Å²) in [6.45, 7) is 2.24. The number of ether oxygens (including phenoxy) is 1. The van der Waals surface area contributed by atoms with E-state index in [9.17, 15) is 5.11 Å². The zero-order valence-corrected chi connectivity index (χ0v) is 9.72. The van der Waals surface area contributed by atoms with Crippen molar-refractivity contribution in [1.29, 1.82) is 0 Å². The summed E-state index contributed by atoms with van der Waals surface area (Å²) in [5.41, 5.74) is 0. The van der Waals surface area contributed by atoms with Crippen LogP contribution in [0.3, 0.4) is 0 Å². The number of hydrogen-bond acceptors (Lipinski definition) is 3. The van der Waals surface area contributed by atoms with Gasteiger partial charge in [0.25, 0.3) is 0 Å². The number of phenols is 1. The average Bonchev–Trinajstić information content (AvgIpc) is 2.44. The minimum Gasteiger partial charge on any atom is -0.508 e. The zero-order valence-electron chi connectivity index (χ0n) is 9.72. The van der Waals surface area contributed by atoms with Crippen LogP contribution in [-0.2, 0) is 0 Å². The first-order chi connectivity index (χ1) is 7.74. The second kappa shape index (κ2) is 5.21. The fourth-order valence-corrected chi connectivity index (χ4v) is 2.08. The molecule has 0 spiro atoms. The molecule has 1 aliphatic rings. The Morgan fingerprint density at radius 2 is 2.19 bits per heavy atom. The molecule has 3 heteroatoms. The molecule has 0 bridgehead atoms. The van der Waals surface area contributed by atoms with E-state index >= 15 is 0 Å². The molecule has 1 fully saturated rings. The fourth-order valence-electron chi connectivity index (χ4n) is 2.08. The Morgan fingerprint density at radius 1 is 1.31 bits per heavy atom. The van der Waals surface area contributed by atoms with Gasteiger partial charge in [-0.15, -0.1) is 0 Å². The van der Waals surface area contributed by atoms with Gasteiger partial charge in [0.2, 0.25) is 0 Å². The monoisotopic (exact) mass is 221 g/mol. The molecular weight excluding hydrogens is 202 g/mol. The van der Waals surface area contributed by atoms with Crippen LogP contribution in [0, 0.1) is 0 Å². The first-order valence-corrected chi connectivity index (χ1v) is 5.88. The van der Waals surface area contributed by atoms with Crippen molar-refractivity contribution in [3.05, 3.63) is 24.3 Å². The molecule has 3 nitrogen and oxygen atoms in total. The molecule has 0 amide bonds. The molecule has 16 heavy (non-hydrogen) atoms. The molecule has 0 saturated carbocycles. The fraction of sp³-hybridized carbons (Fsp3) is 0.538. The van der Waals surface area contributed by atoms with Gasteiger partial charge in [0.05, 0.1) is 6.10 Å². The Balaban J connectivity index is 1.93. The van der Waals surface area contributed by atoms with E-state index in [0.717, 1.165) is 31.7 Å². The summed E-state index contributed by atoms with van der Waals surface area (Å²) >= 11 is 0. The Labute approximate surface area is 96.6 Å². The number of phenolic OH excluding ortho intramolecular Hbond substituents is 1. The van der Waals surface area contributed by atoms with Gasteiger partial charge in [0.15, 0.2) is 0 Å². The van der Waals surface area contributed by atoms with Crippen LogP contribution in [0.25, 0.3) is 0 Å². The van der Waals surface area contributed by atoms with Crippen LogP contribution in [-0.4, -0.2) is 36.2 Å². The molecule has 1 atom stereocenters. The maximum absolute atomic E-state index is 9.35. The van der Waals surface area contributed by atoms with Crippen LogP contribution < -0.4 is 4.74 Å². The van der Waals surface area contributed by atoms with Crippen molar-refractivity contribution in [2.45, 2.75) is 25.4 Å². The molecule has 1 aromatic rings. The van der Waals surface area contributed by atoms with Gasteiger partial charge in [0, 0.05) is 12.6 Å². The smallest absolute Gasteiger partial charge is 0.123 e. The maximum atomic E-state index is 9.35. The number of hydrogen-bond donors (Lipinski definition) is 1. The Bertz CT molecular complexity index is 340. The molecule has 2 rings (SSSR count). The highest BCUT2D eigenvalue weighted by Gasteiger charge is 2.16. The predicted molar refractivity (Wildman–Crippen MR) is 63.9 cm³/mol. The van der Waals surface area contributed by atoms with Crippen LogP contribution in [0.1, 0.15) is 19.3 Å². The van der Waals surface area contributed by atoms with Gasteiger partial charge < -0.3 is 14.7 Å². The maximum Gasteiger partial charge on any atom is 0.123 e. The highest BCUT2D eigenvalue weighted by molar-refractivity contribution is 5.31. The van der Waals surface area contributed by atoms with Crippen LogP contribution in [0.5, 0.6) is 11.5 Å². The summed E-state index contributed by atoms with van der Waals surface area (Å²) in [6.07, 6.45) is 3.62. The number of benzene rings is 1. The van der Waals surface area contributed by atoms with Crippen molar-refractivity contribution >= 4 is 0 Å². The Hall–Kier alpha value is -1.22. The summed E-state index contributed by atoms with van der Waals surface area (Å²) in [5, 5.41) is 9.35. The molecule has 0 radical (unpaired) electrons. The highest BCUT2D eigenvalue weighted by Crippen LogP contribution is 2.22. The van der Waals surface area contributed by atoms with Crippen molar-refractivity contribution < 1.29 is 9.84 Å². The zero-order chi connectivity index (χ0) is 11.4. The first kappa shape index (κ1) is 11.3. The lowest BCUT2D eigenvalue weighted by Gasteiger charge is -2.17. The van der Waals surface area contributed by atoms with E-state index in [1.54, 1.807) is 12.1 Å². The lowest BCUT2D eigenvalue weighted by atomic mass is 10.1. The van der Waals surface area contributed by atoms with E-state index in [-0.39, 0.29) is 11.9 Å². The van der Waals surface area contributed by atoms with E-state index in [1.165, 1.54) is 6.42 Å². The van der Waals surface area contributed by atoms with Gasteiger partial charge in [-0.3, -0.25) is 0 Å². The second-order valence-electron chi connectivity index (χ2n) is 4.47. The number of aromatic hydroxyl groups is 1. The van der Waals surface area contributed by atoms with Crippen molar-refractivity contribution in [1.82, 2.24) is 4.90 Å². The van der Waals surface area contributed by atoms with Gasteiger partial charge in [-0.2, -0.15) is 0 Å². The van der Waals surface area contributed by atoms with E-state index in [4.69, 9.17) is 4.74 Å². The summed E-state index contributed by atoms with van der Waals surface area (Å²) in [7, 11) is 2.15. The molecule has 1 heterocycles. The van der Waals surface area contributed by atoms with Crippen molar-refractivity contribution in [2.24, 2.45) is 0 Å². The quantitative estimate of drug-likeness (QED) is 0.831. The minimum absolute atomic E-state index is 0.267. The molecule has 0 aromatic heterocycles. The molecule has 88 valence electrons. The summed E-state index contributed by atoms with van der Waals surface area (Å²) in [4.78, 5) is 2.34. The average molecular weight is 221 g/mol. The molecule has 1 aromatic carbocycles. The van der Waals surface area contributed by atoms with E-state index in [1.807, 2.05) is 12.1 Å². The third-order valence-electron chi connectivity index (χ3n) is 3.02. The van der Waals surface area contributed by atoms with Crippen molar-refractivity contribution in [3.8, 4) is 11.5 Å². The van der Waals surface area contributed by atoms with Gasteiger partial charge in [-0.1, -0.05) is 6.07 Å². The van der Waals surface area contributed by atoms with Gasteiger partial charge in [-0.05, 0) is 45.0 Å². The second-order valence-corrected chi connectivity index (χ2v) is 4.47. The Kier molecular flexibility index (Phi) is 3.67. The van der Waals surface area contributed by atoms with Gasteiger partial charge in [-0.25, -0.2) is 0 Å². The van der Waals surface area contributed by atoms with Crippen LogP contribution >= 0.6 is 0 Å². The summed E-state index contributed by atoms with van der Waals surface area (Å²) in [5.74, 6) is 1.04. The third-order valence-corrected chi connectivity index (χ3v) is 3.02. The SMILES string of the molecule is CN1CCCC(Oc2cccc(O)c2)CC1. The number of rotatable bonds is 2. The van der Waals surface area contributed by atoms with Gasteiger partial charge >= 0.3 is 0 Å². The summed E-state index contributed by atoms with van der Waals surface area (Å²) < 4.78 is 5.88. The largest absolute Gasteiger partial charge is 0.508 e. The van der Waals surface area contributed by atoms with Crippen LogP contribution in [0.4, 0.5) is 0 Å². The predicted octanol–water partition coefficient (Wildman–Crippen LogP) is 2.26. The third kappa shape index (κ3) is 3.14. The van der Waals surface area contributed by atoms with Crippen LogP contribution in [0.2, 0.25) is 0 Å². The normalized spacial score (nSPS) is 22.7. The van der Waals surface area contributed by atoms with Gasteiger partial charge in [0.1, 0.15) is 11.5 Å². The molecule has 1 N–H and O–H groups in total. The lowest BCUT2D eigenvalue weighted by Crippen LogP contribution is -2.21. The van der Waals surface area contributed by atoms with Crippen LogP contribution in [0.15, 0.2) is 24.3 Å². The minimum atomic E-state index is 0.267. The molecule has 1 saturated heterocycles. The van der Waals surface area contributed by atoms with Crippen molar-refractivity contribution in [3.63, 3.8) is 0 Å². The Morgan fingerprint density at radius 3 is 3.00 bits per heavy atom. The molecule has 0 aliphatic carbocycles. The van der Waals surface area contributed by atoms with E-state index in [2.05, 4.69) is 11.9 Å². The first-order valence-electron chi connectivity index (χ1n) is 5.88. The lowest BCUT2D eigenvalue weighted by molar-refractivity contribution is 0.182. The standard InChI is InChI=1S/C13H19NO2/c1-14-8-3-6-12(7-9-14)16-13-5-2-4-11(15)10-13/h2,4-5,10,12,15H,3,6-9H2,1H3. The highest BCUT2D eigenvalue weighted by atomic mass is 16.5. The molecule has 1 unspecified atom stereocenters. The molecule has 1 aliphatic heterocycles. The summed E-state index contributed by atoms with van der Waals surface area (Å²) in [6, 6.07) is 7.05. The van der Waals surface area contributed by atoms with E-state index in [0.29, 0.717) is 0 Å². The number of likely N-dealkylation sites (tertiary alicyclic amines) is 1. The topological polar surface area (TPSA) is 32.7 Å². The molecular formula is C13H19NO2. The number of nitrogens with zero attached hydrogens (tertiary/aromatic N) is 1. The van der Waals surface area contributed by atoms with E-state index < -0.39 is 0 Å².